The van der Waals surface area contributed by atoms with Crippen LogP contribution in [0.15, 0.2) is 42.5 Å². The van der Waals surface area contributed by atoms with E-state index in [1.165, 1.54) is 12.1 Å². The number of rotatable bonds is 5. The van der Waals surface area contributed by atoms with Gasteiger partial charge >= 0.3 is 5.97 Å². The van der Waals surface area contributed by atoms with Crippen LogP contribution in [0, 0.1) is 5.82 Å². The quantitative estimate of drug-likeness (QED) is 0.876. The highest BCUT2D eigenvalue weighted by Crippen LogP contribution is 2.24. The van der Waals surface area contributed by atoms with E-state index in [0.717, 1.165) is 16.9 Å². The SMILES string of the molecule is O=C(O)c1ccc(CSCc2ccccc2Cl)cc1F. The lowest BCUT2D eigenvalue weighted by Gasteiger charge is -2.05. The van der Waals surface area contributed by atoms with Crippen LogP contribution >= 0.6 is 23.4 Å². The number of carbonyl (C=O) groups is 1. The van der Waals surface area contributed by atoms with Crippen LogP contribution in [0.5, 0.6) is 0 Å². The van der Waals surface area contributed by atoms with Crippen LogP contribution < -0.4 is 0 Å². The second-order valence-electron chi connectivity index (χ2n) is 4.20. The van der Waals surface area contributed by atoms with Crippen molar-refractivity contribution in [3.05, 3.63) is 70.0 Å². The van der Waals surface area contributed by atoms with Crippen LogP contribution in [0.25, 0.3) is 0 Å². The van der Waals surface area contributed by atoms with Gasteiger partial charge in [-0.25, -0.2) is 9.18 Å². The van der Waals surface area contributed by atoms with Gasteiger partial charge in [0.1, 0.15) is 5.82 Å². The average Bonchev–Trinajstić information content (AvgIpc) is 2.40. The first-order valence-corrected chi connectivity index (χ1v) is 7.44. The van der Waals surface area contributed by atoms with Gasteiger partial charge in [0.05, 0.1) is 5.56 Å². The Balaban J connectivity index is 1.97. The molecule has 0 saturated heterocycles. The summed E-state index contributed by atoms with van der Waals surface area (Å²) in [4.78, 5) is 10.7. The molecule has 5 heteroatoms. The minimum Gasteiger partial charge on any atom is -0.478 e. The van der Waals surface area contributed by atoms with Gasteiger partial charge < -0.3 is 5.11 Å². The van der Waals surface area contributed by atoms with Crippen molar-refractivity contribution in [3.8, 4) is 0 Å². The Bertz CT molecular complexity index is 631. The summed E-state index contributed by atoms with van der Waals surface area (Å²) in [5.41, 5.74) is 1.48. The molecular weight excluding hydrogens is 299 g/mol. The van der Waals surface area contributed by atoms with Crippen molar-refractivity contribution < 1.29 is 14.3 Å². The molecular formula is C15H12ClFO2S. The number of halogens is 2. The highest BCUT2D eigenvalue weighted by Gasteiger charge is 2.10. The molecule has 2 aromatic carbocycles. The largest absolute Gasteiger partial charge is 0.478 e. The van der Waals surface area contributed by atoms with Gasteiger partial charge in [0, 0.05) is 16.5 Å². The van der Waals surface area contributed by atoms with Crippen LogP contribution in [-0.2, 0) is 11.5 Å². The lowest BCUT2D eigenvalue weighted by atomic mass is 10.1. The lowest BCUT2D eigenvalue weighted by Crippen LogP contribution is -2.00. The Hall–Kier alpha value is -1.52. The van der Waals surface area contributed by atoms with Crippen molar-refractivity contribution in [3.63, 3.8) is 0 Å². The Morgan fingerprint density at radius 1 is 1.20 bits per heavy atom. The molecule has 104 valence electrons. The summed E-state index contributed by atoms with van der Waals surface area (Å²) in [6.45, 7) is 0. The maximum absolute atomic E-state index is 13.5. The van der Waals surface area contributed by atoms with E-state index in [9.17, 15) is 9.18 Å². The summed E-state index contributed by atoms with van der Waals surface area (Å²) < 4.78 is 13.5. The molecule has 2 rings (SSSR count). The molecule has 0 aliphatic heterocycles. The molecule has 2 aromatic rings. The minimum absolute atomic E-state index is 0.301. The van der Waals surface area contributed by atoms with Gasteiger partial charge in [-0.3, -0.25) is 0 Å². The predicted molar refractivity (Wildman–Crippen MR) is 79.8 cm³/mol. The topological polar surface area (TPSA) is 37.3 Å². The van der Waals surface area contributed by atoms with E-state index in [0.29, 0.717) is 10.8 Å². The van der Waals surface area contributed by atoms with Gasteiger partial charge in [-0.05, 0) is 29.3 Å². The van der Waals surface area contributed by atoms with E-state index in [2.05, 4.69) is 0 Å². The zero-order valence-corrected chi connectivity index (χ0v) is 12.0. The number of hydrogen-bond acceptors (Lipinski definition) is 2. The second kappa shape index (κ2) is 6.77. The molecule has 0 aliphatic carbocycles. The van der Waals surface area contributed by atoms with Gasteiger partial charge in [0.15, 0.2) is 0 Å². The van der Waals surface area contributed by atoms with Crippen LogP contribution in [0.4, 0.5) is 4.39 Å². The maximum Gasteiger partial charge on any atom is 0.338 e. The predicted octanol–water partition coefficient (Wildman–Crippen LogP) is 4.61. The molecule has 0 spiro atoms. The van der Waals surface area contributed by atoms with E-state index in [1.807, 2.05) is 24.3 Å². The fraction of sp³-hybridized carbons (Fsp3) is 0.133. The Morgan fingerprint density at radius 2 is 1.95 bits per heavy atom. The number of thioether (sulfide) groups is 1. The number of carboxylic acids is 1. The zero-order valence-electron chi connectivity index (χ0n) is 10.5. The zero-order chi connectivity index (χ0) is 14.5. The number of benzene rings is 2. The van der Waals surface area contributed by atoms with E-state index in [-0.39, 0.29) is 5.56 Å². The standard InChI is InChI=1S/C15H12ClFO2S/c16-13-4-2-1-3-11(13)9-20-8-10-5-6-12(15(18)19)14(17)7-10/h1-7H,8-9H2,(H,18,19). The molecule has 1 N–H and O–H groups in total. The van der Waals surface area contributed by atoms with E-state index in [1.54, 1.807) is 17.8 Å². The van der Waals surface area contributed by atoms with Crippen LogP contribution in [0.3, 0.4) is 0 Å². The molecule has 0 unspecified atom stereocenters. The first-order chi connectivity index (χ1) is 9.58. The summed E-state index contributed by atoms with van der Waals surface area (Å²) in [5, 5.41) is 9.47. The van der Waals surface area contributed by atoms with Gasteiger partial charge in [-0.1, -0.05) is 35.9 Å². The molecule has 0 saturated carbocycles. The average molecular weight is 311 g/mol. The van der Waals surface area contributed by atoms with Gasteiger partial charge in [0.25, 0.3) is 0 Å². The van der Waals surface area contributed by atoms with E-state index >= 15 is 0 Å². The highest BCUT2D eigenvalue weighted by molar-refractivity contribution is 7.97. The second-order valence-corrected chi connectivity index (χ2v) is 5.60. The molecule has 0 radical (unpaired) electrons. The minimum atomic E-state index is -1.25. The summed E-state index contributed by atoms with van der Waals surface area (Å²) in [5.74, 6) is -0.629. The van der Waals surface area contributed by atoms with Crippen LogP contribution in [-0.4, -0.2) is 11.1 Å². The fourth-order valence-corrected chi connectivity index (χ4v) is 2.99. The molecule has 0 bridgehead atoms. The number of aromatic carboxylic acids is 1. The molecule has 0 heterocycles. The normalized spacial score (nSPS) is 10.5. The molecule has 2 nitrogen and oxygen atoms in total. The van der Waals surface area contributed by atoms with E-state index in [4.69, 9.17) is 16.7 Å². The van der Waals surface area contributed by atoms with Crippen molar-refractivity contribution in [1.82, 2.24) is 0 Å². The molecule has 0 aliphatic rings. The third kappa shape index (κ3) is 3.74. The van der Waals surface area contributed by atoms with Crippen molar-refractivity contribution in [1.29, 1.82) is 0 Å². The van der Waals surface area contributed by atoms with Gasteiger partial charge in [-0.2, -0.15) is 11.8 Å². The molecule has 20 heavy (non-hydrogen) atoms. The summed E-state index contributed by atoms with van der Waals surface area (Å²) >= 11 is 7.65. The van der Waals surface area contributed by atoms with Crippen molar-refractivity contribution in [2.75, 3.05) is 0 Å². The number of carboxylic acid groups (broad SMARTS) is 1. The monoisotopic (exact) mass is 310 g/mol. The van der Waals surface area contributed by atoms with Gasteiger partial charge in [0.2, 0.25) is 0 Å². The lowest BCUT2D eigenvalue weighted by molar-refractivity contribution is 0.0692. The van der Waals surface area contributed by atoms with Crippen molar-refractivity contribution >= 4 is 29.3 Å². The molecule has 0 fully saturated rings. The van der Waals surface area contributed by atoms with Crippen LogP contribution in [0.1, 0.15) is 21.5 Å². The Morgan fingerprint density at radius 3 is 2.60 bits per heavy atom. The fourth-order valence-electron chi connectivity index (χ4n) is 1.72. The van der Waals surface area contributed by atoms with Crippen molar-refractivity contribution in [2.24, 2.45) is 0 Å². The smallest absolute Gasteiger partial charge is 0.338 e. The highest BCUT2D eigenvalue weighted by atomic mass is 35.5. The number of hydrogen-bond donors (Lipinski definition) is 1. The van der Waals surface area contributed by atoms with Crippen LogP contribution in [0.2, 0.25) is 5.02 Å². The maximum atomic E-state index is 13.5. The third-order valence-corrected chi connectivity index (χ3v) is 4.17. The first-order valence-electron chi connectivity index (χ1n) is 5.91. The molecule has 0 amide bonds. The first kappa shape index (κ1) is 14.9. The summed E-state index contributed by atoms with van der Waals surface area (Å²) in [7, 11) is 0. The Labute approximate surface area is 125 Å². The molecule has 0 aromatic heterocycles. The molecule has 0 atom stereocenters. The summed E-state index contributed by atoms with van der Waals surface area (Å²) in [6, 6.07) is 11.8. The van der Waals surface area contributed by atoms with Gasteiger partial charge in [-0.15, -0.1) is 0 Å². The summed E-state index contributed by atoms with van der Waals surface area (Å²) in [6.07, 6.45) is 0. The third-order valence-electron chi connectivity index (χ3n) is 2.75. The Kier molecular flexibility index (Phi) is 5.04. The van der Waals surface area contributed by atoms with Crippen molar-refractivity contribution in [2.45, 2.75) is 11.5 Å². The van der Waals surface area contributed by atoms with E-state index < -0.39 is 11.8 Å².